The Labute approximate surface area is 143 Å². The van der Waals surface area contributed by atoms with Crippen molar-refractivity contribution in [3.05, 3.63) is 63.4 Å². The standard InChI is InChI=1S/C17H16N2O4S/c1-11-16(12(2)23-19-11)8-22-17(20)13-3-5-15(6-4-13)21-7-14-9-24-10-18-14/h3-6,9-10H,7-8H2,1-2H3. The Kier molecular flexibility index (Phi) is 4.90. The lowest BCUT2D eigenvalue weighted by Gasteiger charge is -2.07. The fourth-order valence-corrected chi connectivity index (χ4v) is 2.63. The quantitative estimate of drug-likeness (QED) is 0.635. The van der Waals surface area contributed by atoms with Gasteiger partial charge in [-0.25, -0.2) is 9.78 Å². The molecule has 0 saturated heterocycles. The van der Waals surface area contributed by atoms with Crippen molar-refractivity contribution in [2.75, 3.05) is 0 Å². The van der Waals surface area contributed by atoms with E-state index in [9.17, 15) is 4.79 Å². The highest BCUT2D eigenvalue weighted by Crippen LogP contribution is 2.17. The van der Waals surface area contributed by atoms with Gasteiger partial charge >= 0.3 is 5.97 Å². The van der Waals surface area contributed by atoms with E-state index >= 15 is 0 Å². The Morgan fingerprint density at radius 1 is 1.21 bits per heavy atom. The van der Waals surface area contributed by atoms with Gasteiger partial charge in [0.25, 0.3) is 0 Å². The summed E-state index contributed by atoms with van der Waals surface area (Å²) in [6.45, 7) is 4.15. The van der Waals surface area contributed by atoms with Crippen LogP contribution in [0.4, 0.5) is 0 Å². The Morgan fingerprint density at radius 3 is 2.62 bits per heavy atom. The molecule has 0 radical (unpaired) electrons. The summed E-state index contributed by atoms with van der Waals surface area (Å²) >= 11 is 1.52. The molecular formula is C17H16N2O4S. The van der Waals surface area contributed by atoms with Gasteiger partial charge in [-0.2, -0.15) is 0 Å². The number of benzene rings is 1. The van der Waals surface area contributed by atoms with Crippen molar-refractivity contribution in [2.24, 2.45) is 0 Å². The van der Waals surface area contributed by atoms with Crippen LogP contribution in [0.15, 0.2) is 39.7 Å². The zero-order valence-corrected chi connectivity index (χ0v) is 14.1. The summed E-state index contributed by atoms with van der Waals surface area (Å²) in [5, 5.41) is 5.76. The number of aromatic nitrogens is 2. The van der Waals surface area contributed by atoms with E-state index in [0.717, 1.165) is 17.0 Å². The molecule has 3 aromatic rings. The van der Waals surface area contributed by atoms with Crippen molar-refractivity contribution in [3.8, 4) is 5.75 Å². The molecule has 124 valence electrons. The zero-order chi connectivity index (χ0) is 16.9. The largest absolute Gasteiger partial charge is 0.487 e. The van der Waals surface area contributed by atoms with Crippen molar-refractivity contribution in [1.29, 1.82) is 0 Å². The predicted molar refractivity (Wildman–Crippen MR) is 88.0 cm³/mol. The number of carbonyl (C=O) groups excluding carboxylic acids is 1. The summed E-state index contributed by atoms with van der Waals surface area (Å²) in [5.41, 5.74) is 4.62. The van der Waals surface area contributed by atoms with Gasteiger partial charge in [-0.3, -0.25) is 0 Å². The number of carbonyl (C=O) groups is 1. The minimum absolute atomic E-state index is 0.141. The Balaban J connectivity index is 1.55. The van der Waals surface area contributed by atoms with Crippen LogP contribution in [0.1, 0.15) is 33.1 Å². The molecule has 3 rings (SSSR count). The lowest BCUT2D eigenvalue weighted by molar-refractivity contribution is 0.0471. The van der Waals surface area contributed by atoms with E-state index in [-0.39, 0.29) is 6.61 Å². The molecule has 2 aromatic heterocycles. The highest BCUT2D eigenvalue weighted by atomic mass is 32.1. The molecule has 0 amide bonds. The first-order valence-electron chi connectivity index (χ1n) is 7.32. The van der Waals surface area contributed by atoms with Crippen LogP contribution in [0.5, 0.6) is 5.75 Å². The van der Waals surface area contributed by atoms with Crippen LogP contribution in [0.25, 0.3) is 0 Å². The lowest BCUT2D eigenvalue weighted by atomic mass is 10.2. The number of aryl methyl sites for hydroxylation is 2. The number of hydrogen-bond donors (Lipinski definition) is 0. The maximum Gasteiger partial charge on any atom is 0.338 e. The van der Waals surface area contributed by atoms with Gasteiger partial charge in [0, 0.05) is 5.38 Å². The van der Waals surface area contributed by atoms with E-state index in [1.54, 1.807) is 36.7 Å². The molecule has 24 heavy (non-hydrogen) atoms. The predicted octanol–water partition coefficient (Wildman–Crippen LogP) is 3.68. The van der Waals surface area contributed by atoms with Crippen LogP contribution in [-0.2, 0) is 18.0 Å². The van der Waals surface area contributed by atoms with E-state index < -0.39 is 5.97 Å². The smallest absolute Gasteiger partial charge is 0.338 e. The number of ether oxygens (including phenoxy) is 2. The van der Waals surface area contributed by atoms with E-state index in [1.165, 1.54) is 11.3 Å². The van der Waals surface area contributed by atoms with Gasteiger partial charge in [0.05, 0.1) is 28.0 Å². The molecule has 0 bridgehead atoms. The summed E-state index contributed by atoms with van der Waals surface area (Å²) in [6, 6.07) is 6.82. The van der Waals surface area contributed by atoms with Gasteiger partial charge < -0.3 is 14.0 Å². The summed E-state index contributed by atoms with van der Waals surface area (Å²) in [5.74, 6) is 0.928. The topological polar surface area (TPSA) is 74.5 Å². The number of thiazole rings is 1. The first-order chi connectivity index (χ1) is 11.6. The van der Waals surface area contributed by atoms with Gasteiger partial charge in [0.1, 0.15) is 24.7 Å². The average molecular weight is 344 g/mol. The maximum absolute atomic E-state index is 12.1. The highest BCUT2D eigenvalue weighted by Gasteiger charge is 2.13. The van der Waals surface area contributed by atoms with Crippen LogP contribution in [0.3, 0.4) is 0 Å². The minimum Gasteiger partial charge on any atom is -0.487 e. The highest BCUT2D eigenvalue weighted by molar-refractivity contribution is 7.07. The molecule has 6 nitrogen and oxygen atoms in total. The van der Waals surface area contributed by atoms with Gasteiger partial charge in [-0.05, 0) is 38.1 Å². The van der Waals surface area contributed by atoms with Gasteiger partial charge in [-0.1, -0.05) is 5.16 Å². The maximum atomic E-state index is 12.1. The molecule has 0 spiro atoms. The average Bonchev–Trinajstić information content (AvgIpc) is 3.22. The molecule has 1 aromatic carbocycles. The molecule has 0 N–H and O–H groups in total. The molecule has 0 aliphatic rings. The van der Waals surface area contributed by atoms with Crippen molar-refractivity contribution in [3.63, 3.8) is 0 Å². The molecule has 0 saturated carbocycles. The fraction of sp³-hybridized carbons (Fsp3) is 0.235. The van der Waals surface area contributed by atoms with Crippen LogP contribution in [0, 0.1) is 13.8 Å². The summed E-state index contributed by atoms with van der Waals surface area (Å²) < 4.78 is 16.0. The number of hydrogen-bond acceptors (Lipinski definition) is 7. The number of rotatable bonds is 6. The monoisotopic (exact) mass is 344 g/mol. The molecule has 0 atom stereocenters. The Bertz CT molecular complexity index is 790. The fourth-order valence-electron chi connectivity index (χ4n) is 2.08. The van der Waals surface area contributed by atoms with Crippen LogP contribution >= 0.6 is 11.3 Å². The molecule has 0 aliphatic carbocycles. The Morgan fingerprint density at radius 2 is 2.00 bits per heavy atom. The first-order valence-corrected chi connectivity index (χ1v) is 8.26. The second kappa shape index (κ2) is 7.27. The van der Waals surface area contributed by atoms with Crippen molar-refractivity contribution < 1.29 is 18.8 Å². The third-order valence-electron chi connectivity index (χ3n) is 3.49. The van der Waals surface area contributed by atoms with Crippen LogP contribution < -0.4 is 4.74 Å². The summed E-state index contributed by atoms with van der Waals surface area (Å²) in [4.78, 5) is 16.2. The van der Waals surface area contributed by atoms with E-state index in [0.29, 0.717) is 23.7 Å². The molecular weight excluding hydrogens is 328 g/mol. The van der Waals surface area contributed by atoms with Crippen LogP contribution in [0.2, 0.25) is 0 Å². The molecule has 7 heteroatoms. The summed E-state index contributed by atoms with van der Waals surface area (Å²) in [7, 11) is 0. The van der Waals surface area contributed by atoms with Gasteiger partial charge in [-0.15, -0.1) is 11.3 Å². The van der Waals surface area contributed by atoms with Crippen molar-refractivity contribution in [1.82, 2.24) is 10.1 Å². The molecule has 2 heterocycles. The number of esters is 1. The van der Waals surface area contributed by atoms with Gasteiger partial charge in [0.2, 0.25) is 0 Å². The second-order valence-electron chi connectivity index (χ2n) is 5.17. The van der Waals surface area contributed by atoms with E-state index in [4.69, 9.17) is 14.0 Å². The Hall–Kier alpha value is -2.67. The molecule has 0 aliphatic heterocycles. The zero-order valence-electron chi connectivity index (χ0n) is 13.3. The van der Waals surface area contributed by atoms with Crippen molar-refractivity contribution in [2.45, 2.75) is 27.1 Å². The van der Waals surface area contributed by atoms with Crippen molar-refractivity contribution >= 4 is 17.3 Å². The summed E-state index contributed by atoms with van der Waals surface area (Å²) in [6.07, 6.45) is 0. The normalized spacial score (nSPS) is 10.6. The van der Waals surface area contributed by atoms with Gasteiger partial charge in [0.15, 0.2) is 0 Å². The van der Waals surface area contributed by atoms with E-state index in [1.807, 2.05) is 12.3 Å². The minimum atomic E-state index is -0.402. The van der Waals surface area contributed by atoms with E-state index in [2.05, 4.69) is 10.1 Å². The molecule has 0 fully saturated rings. The lowest BCUT2D eigenvalue weighted by Crippen LogP contribution is -2.06. The third kappa shape index (κ3) is 3.80. The third-order valence-corrected chi connectivity index (χ3v) is 4.12. The molecule has 0 unspecified atom stereocenters. The first kappa shape index (κ1) is 16.2. The second-order valence-corrected chi connectivity index (χ2v) is 5.89. The number of nitrogens with zero attached hydrogens (tertiary/aromatic N) is 2. The van der Waals surface area contributed by atoms with Crippen LogP contribution in [-0.4, -0.2) is 16.1 Å². The SMILES string of the molecule is Cc1noc(C)c1COC(=O)c1ccc(OCc2cscn2)cc1.